The Hall–Kier alpha value is -0.870. The molecule has 92 valence electrons. The Morgan fingerprint density at radius 1 is 1.35 bits per heavy atom. The Morgan fingerprint density at radius 3 is 2.53 bits per heavy atom. The van der Waals surface area contributed by atoms with Crippen molar-refractivity contribution in [3.8, 4) is 0 Å². The lowest BCUT2D eigenvalue weighted by Gasteiger charge is -2.19. The molecule has 0 aliphatic heterocycles. The largest absolute Gasteiger partial charge is 0.388 e. The van der Waals surface area contributed by atoms with Crippen LogP contribution in [0.5, 0.6) is 0 Å². The van der Waals surface area contributed by atoms with Crippen LogP contribution in [0.2, 0.25) is 0 Å². The van der Waals surface area contributed by atoms with Gasteiger partial charge in [0.1, 0.15) is 12.4 Å². The second-order valence-corrected chi connectivity index (χ2v) is 6.23. The second-order valence-electron chi connectivity index (χ2n) is 5.32. The molecule has 0 aliphatic rings. The number of aliphatic hydroxyl groups is 1. The van der Waals surface area contributed by atoms with E-state index in [1.54, 1.807) is 0 Å². The Labute approximate surface area is 110 Å². The molecule has 4 heteroatoms. The fourth-order valence-corrected chi connectivity index (χ4v) is 2.46. The molecule has 1 heterocycles. The summed E-state index contributed by atoms with van der Waals surface area (Å²) in [6, 6.07) is 4.15. The van der Waals surface area contributed by atoms with Crippen molar-refractivity contribution in [2.45, 2.75) is 32.8 Å². The number of rotatable bonds is 1. The molecule has 1 aromatic heterocycles. The molecule has 1 aromatic carbocycles. The third kappa shape index (κ3) is 2.11. The number of halogens is 1. The lowest BCUT2D eigenvalue weighted by atomic mass is 9.86. The van der Waals surface area contributed by atoms with E-state index in [0.717, 1.165) is 15.5 Å². The Kier molecular flexibility index (Phi) is 3.04. The molecule has 0 saturated carbocycles. The zero-order chi connectivity index (χ0) is 12.8. The Bertz CT molecular complexity index is 567. The van der Waals surface area contributed by atoms with E-state index in [9.17, 15) is 5.11 Å². The van der Waals surface area contributed by atoms with Gasteiger partial charge in [0, 0.05) is 11.5 Å². The number of aliphatic hydroxyl groups excluding tert-OH is 1. The summed E-state index contributed by atoms with van der Waals surface area (Å²) < 4.78 is 2.98. The third-order valence-corrected chi connectivity index (χ3v) is 3.45. The van der Waals surface area contributed by atoms with Gasteiger partial charge in [-0.2, -0.15) is 0 Å². The molecule has 0 atom stereocenters. The minimum Gasteiger partial charge on any atom is -0.388 e. The van der Waals surface area contributed by atoms with Gasteiger partial charge in [-0.05, 0) is 23.1 Å². The highest BCUT2D eigenvalue weighted by Crippen LogP contribution is 2.32. The SMILES string of the molecule is Cn1c(CO)nc2c(C(C)(C)C)cc(Br)cc21. The van der Waals surface area contributed by atoms with Crippen molar-refractivity contribution in [1.82, 2.24) is 9.55 Å². The van der Waals surface area contributed by atoms with Gasteiger partial charge in [-0.15, -0.1) is 0 Å². The first-order chi connectivity index (χ1) is 7.84. The fourth-order valence-electron chi connectivity index (χ4n) is 2.01. The summed E-state index contributed by atoms with van der Waals surface area (Å²) in [4.78, 5) is 4.53. The minimum absolute atomic E-state index is 0.0309. The molecule has 1 N–H and O–H groups in total. The van der Waals surface area contributed by atoms with Gasteiger partial charge in [-0.25, -0.2) is 4.98 Å². The van der Waals surface area contributed by atoms with Crippen molar-refractivity contribution in [1.29, 1.82) is 0 Å². The monoisotopic (exact) mass is 296 g/mol. The average molecular weight is 297 g/mol. The van der Waals surface area contributed by atoms with Gasteiger partial charge in [0.05, 0.1) is 11.0 Å². The number of benzene rings is 1. The lowest BCUT2D eigenvalue weighted by Crippen LogP contribution is -2.11. The number of hydrogen-bond donors (Lipinski definition) is 1. The summed E-state index contributed by atoms with van der Waals surface area (Å²) >= 11 is 3.54. The number of fused-ring (bicyclic) bond motifs is 1. The van der Waals surface area contributed by atoms with E-state index in [1.807, 2.05) is 17.7 Å². The van der Waals surface area contributed by atoms with E-state index >= 15 is 0 Å². The van der Waals surface area contributed by atoms with Crippen molar-refractivity contribution in [2.24, 2.45) is 7.05 Å². The summed E-state index contributed by atoms with van der Waals surface area (Å²) in [6.45, 7) is 6.47. The van der Waals surface area contributed by atoms with Gasteiger partial charge in [-0.1, -0.05) is 36.7 Å². The van der Waals surface area contributed by atoms with Crippen molar-refractivity contribution in [3.63, 3.8) is 0 Å². The van der Waals surface area contributed by atoms with Gasteiger partial charge in [0.2, 0.25) is 0 Å². The number of hydrogen-bond acceptors (Lipinski definition) is 2. The van der Waals surface area contributed by atoms with E-state index in [1.165, 1.54) is 5.56 Å². The van der Waals surface area contributed by atoms with Crippen LogP contribution in [0.25, 0.3) is 11.0 Å². The van der Waals surface area contributed by atoms with Crippen LogP contribution < -0.4 is 0 Å². The summed E-state index contributed by atoms with van der Waals surface area (Å²) in [7, 11) is 1.93. The normalized spacial score (nSPS) is 12.4. The van der Waals surface area contributed by atoms with Crippen LogP contribution in [-0.2, 0) is 19.1 Å². The quantitative estimate of drug-likeness (QED) is 0.878. The maximum Gasteiger partial charge on any atom is 0.135 e. The first kappa shape index (κ1) is 12.6. The maximum absolute atomic E-state index is 9.29. The molecule has 0 spiro atoms. The van der Waals surface area contributed by atoms with Crippen LogP contribution in [0.3, 0.4) is 0 Å². The summed E-state index contributed by atoms with van der Waals surface area (Å²) in [5, 5.41) is 9.29. The Morgan fingerprint density at radius 2 is 2.00 bits per heavy atom. The van der Waals surface area contributed by atoms with E-state index in [2.05, 4.69) is 47.8 Å². The van der Waals surface area contributed by atoms with Gasteiger partial charge in [-0.3, -0.25) is 0 Å². The molecular weight excluding hydrogens is 280 g/mol. The molecule has 0 fully saturated rings. The summed E-state index contributed by atoms with van der Waals surface area (Å²) in [5.74, 6) is 0.698. The molecule has 0 saturated heterocycles. The highest BCUT2D eigenvalue weighted by Gasteiger charge is 2.21. The number of aromatic nitrogens is 2. The molecule has 0 amide bonds. The fraction of sp³-hybridized carbons (Fsp3) is 0.462. The zero-order valence-corrected chi connectivity index (χ0v) is 12.2. The topological polar surface area (TPSA) is 38.0 Å². The first-order valence-corrected chi connectivity index (χ1v) is 6.40. The molecular formula is C13H17BrN2O. The van der Waals surface area contributed by atoms with E-state index in [4.69, 9.17) is 0 Å². The Balaban J connectivity index is 2.85. The maximum atomic E-state index is 9.29. The molecule has 0 aliphatic carbocycles. The second kappa shape index (κ2) is 4.10. The zero-order valence-electron chi connectivity index (χ0n) is 10.6. The van der Waals surface area contributed by atoms with Gasteiger partial charge in [0.25, 0.3) is 0 Å². The lowest BCUT2D eigenvalue weighted by molar-refractivity contribution is 0.268. The molecule has 2 rings (SSSR count). The van der Waals surface area contributed by atoms with Gasteiger partial charge in [0.15, 0.2) is 0 Å². The van der Waals surface area contributed by atoms with Gasteiger partial charge < -0.3 is 9.67 Å². The van der Waals surface area contributed by atoms with Crippen LogP contribution in [0.15, 0.2) is 16.6 Å². The van der Waals surface area contributed by atoms with Crippen LogP contribution in [0.4, 0.5) is 0 Å². The highest BCUT2D eigenvalue weighted by molar-refractivity contribution is 9.10. The standard InChI is InChI=1S/C13H17BrN2O/c1-13(2,3)9-5-8(14)6-10-12(9)15-11(7-17)16(10)4/h5-6,17H,7H2,1-4H3. The van der Waals surface area contributed by atoms with Gasteiger partial charge >= 0.3 is 0 Å². The van der Waals surface area contributed by atoms with E-state index in [0.29, 0.717) is 5.82 Å². The van der Waals surface area contributed by atoms with Crippen LogP contribution in [-0.4, -0.2) is 14.7 Å². The molecule has 2 aromatic rings. The highest BCUT2D eigenvalue weighted by atomic mass is 79.9. The van der Waals surface area contributed by atoms with Crippen molar-refractivity contribution < 1.29 is 5.11 Å². The average Bonchev–Trinajstić information content (AvgIpc) is 2.54. The van der Waals surface area contributed by atoms with Crippen molar-refractivity contribution in [2.75, 3.05) is 0 Å². The molecule has 3 nitrogen and oxygen atoms in total. The van der Waals surface area contributed by atoms with Crippen LogP contribution in [0.1, 0.15) is 32.2 Å². The molecule has 0 bridgehead atoms. The van der Waals surface area contributed by atoms with E-state index < -0.39 is 0 Å². The number of aryl methyl sites for hydroxylation is 1. The molecule has 17 heavy (non-hydrogen) atoms. The van der Waals surface area contributed by atoms with Crippen LogP contribution >= 0.6 is 15.9 Å². The molecule has 0 unspecified atom stereocenters. The smallest absolute Gasteiger partial charge is 0.135 e. The predicted octanol–water partition coefficient (Wildman–Crippen LogP) is 3.13. The summed E-state index contributed by atoms with van der Waals surface area (Å²) in [5.41, 5.74) is 3.25. The minimum atomic E-state index is -0.0353. The number of nitrogens with zero attached hydrogens (tertiary/aromatic N) is 2. The number of imidazole rings is 1. The molecule has 0 radical (unpaired) electrons. The third-order valence-electron chi connectivity index (χ3n) is 2.99. The van der Waals surface area contributed by atoms with E-state index in [-0.39, 0.29) is 12.0 Å². The van der Waals surface area contributed by atoms with Crippen molar-refractivity contribution in [3.05, 3.63) is 28.0 Å². The summed E-state index contributed by atoms with van der Waals surface area (Å²) in [6.07, 6.45) is 0. The van der Waals surface area contributed by atoms with Crippen molar-refractivity contribution >= 4 is 27.0 Å². The van der Waals surface area contributed by atoms with Crippen LogP contribution in [0, 0.1) is 0 Å². The predicted molar refractivity (Wildman–Crippen MR) is 73.0 cm³/mol. The first-order valence-electron chi connectivity index (χ1n) is 5.61.